The molecule has 2 rings (SSSR count). The van der Waals surface area contributed by atoms with Gasteiger partial charge in [0.05, 0.1) is 0 Å². The molecule has 0 amide bonds. The van der Waals surface area contributed by atoms with E-state index in [1.165, 1.54) is 12.1 Å². The van der Waals surface area contributed by atoms with Gasteiger partial charge in [-0.3, -0.25) is 0 Å². The highest BCUT2D eigenvalue weighted by atomic mass is 35.5. The smallest absolute Gasteiger partial charge is 0.123 e. The van der Waals surface area contributed by atoms with E-state index in [2.05, 4.69) is 0 Å². The fourth-order valence-corrected chi connectivity index (χ4v) is 2.64. The molecular weight excluding hydrogens is 257 g/mol. The van der Waals surface area contributed by atoms with E-state index in [4.69, 9.17) is 17.3 Å². The summed E-state index contributed by atoms with van der Waals surface area (Å²) >= 11 is 7.57. The van der Waals surface area contributed by atoms with E-state index in [1.807, 2.05) is 24.3 Å². The highest BCUT2D eigenvalue weighted by Crippen LogP contribution is 2.28. The third-order valence-electron chi connectivity index (χ3n) is 2.26. The number of halogens is 2. The molecule has 2 aromatic carbocycles. The summed E-state index contributed by atoms with van der Waals surface area (Å²) in [6, 6.07) is 12.0. The monoisotopic (exact) mass is 267 g/mol. The molecule has 0 atom stereocenters. The van der Waals surface area contributed by atoms with E-state index in [1.54, 1.807) is 17.8 Å². The van der Waals surface area contributed by atoms with Gasteiger partial charge in [-0.2, -0.15) is 0 Å². The molecule has 2 N–H and O–H groups in total. The summed E-state index contributed by atoms with van der Waals surface area (Å²) < 4.78 is 13.0. The maximum Gasteiger partial charge on any atom is 0.123 e. The van der Waals surface area contributed by atoms with Gasteiger partial charge in [-0.05, 0) is 42.0 Å². The van der Waals surface area contributed by atoms with Gasteiger partial charge >= 0.3 is 0 Å². The summed E-state index contributed by atoms with van der Waals surface area (Å²) in [5, 5.41) is 0.586. The topological polar surface area (TPSA) is 26.0 Å². The van der Waals surface area contributed by atoms with Crippen LogP contribution >= 0.6 is 23.4 Å². The third kappa shape index (κ3) is 3.38. The zero-order chi connectivity index (χ0) is 12.3. The van der Waals surface area contributed by atoms with Crippen molar-refractivity contribution < 1.29 is 4.39 Å². The molecule has 0 saturated heterocycles. The number of rotatable bonds is 3. The van der Waals surface area contributed by atoms with Gasteiger partial charge in [0.2, 0.25) is 0 Å². The van der Waals surface area contributed by atoms with Crippen LogP contribution in [0.3, 0.4) is 0 Å². The Kier molecular flexibility index (Phi) is 3.92. The van der Waals surface area contributed by atoms with Crippen molar-refractivity contribution in [3.8, 4) is 0 Å². The summed E-state index contributed by atoms with van der Waals surface area (Å²) in [6.45, 7) is 0. The van der Waals surface area contributed by atoms with E-state index in [9.17, 15) is 4.39 Å². The number of nitrogen functional groups attached to an aromatic ring is 1. The second-order valence-electron chi connectivity index (χ2n) is 3.60. The summed E-state index contributed by atoms with van der Waals surface area (Å²) in [7, 11) is 0. The average Bonchev–Trinajstić information content (AvgIpc) is 2.30. The van der Waals surface area contributed by atoms with Crippen molar-refractivity contribution in [3.63, 3.8) is 0 Å². The number of hydrogen-bond acceptors (Lipinski definition) is 2. The van der Waals surface area contributed by atoms with Crippen LogP contribution in [0.15, 0.2) is 47.4 Å². The molecule has 0 unspecified atom stereocenters. The van der Waals surface area contributed by atoms with Crippen LogP contribution < -0.4 is 5.73 Å². The lowest BCUT2D eigenvalue weighted by Crippen LogP contribution is -1.87. The Labute approximate surface area is 109 Å². The van der Waals surface area contributed by atoms with Crippen LogP contribution in [0.5, 0.6) is 0 Å². The molecule has 0 radical (unpaired) electrons. The van der Waals surface area contributed by atoms with Crippen molar-refractivity contribution >= 4 is 29.1 Å². The van der Waals surface area contributed by atoms with Gasteiger partial charge < -0.3 is 5.73 Å². The molecule has 0 aliphatic carbocycles. The number of hydrogen-bond donors (Lipinski definition) is 1. The molecule has 0 aliphatic heterocycles. The largest absolute Gasteiger partial charge is 0.399 e. The first-order valence-corrected chi connectivity index (χ1v) is 6.44. The molecule has 17 heavy (non-hydrogen) atoms. The molecule has 4 heteroatoms. The van der Waals surface area contributed by atoms with Crippen molar-refractivity contribution in [2.24, 2.45) is 0 Å². The van der Waals surface area contributed by atoms with Crippen LogP contribution in [0.25, 0.3) is 0 Å². The number of nitrogens with two attached hydrogens (primary N) is 1. The molecule has 2 aromatic rings. The predicted octanol–water partition coefficient (Wildman–Crippen LogP) is 4.35. The van der Waals surface area contributed by atoms with Crippen molar-refractivity contribution in [1.82, 2.24) is 0 Å². The van der Waals surface area contributed by atoms with Gasteiger partial charge in [0.25, 0.3) is 0 Å². The highest BCUT2D eigenvalue weighted by Gasteiger charge is 2.03. The average molecular weight is 268 g/mol. The summed E-state index contributed by atoms with van der Waals surface area (Å²) in [6.07, 6.45) is 0. The fraction of sp³-hybridized carbons (Fsp3) is 0.0769. The molecule has 0 aliphatic rings. The molecule has 0 bridgehead atoms. The minimum atomic E-state index is -0.266. The molecular formula is C13H11ClFNS. The normalized spacial score (nSPS) is 10.5. The van der Waals surface area contributed by atoms with Crippen LogP contribution in [-0.2, 0) is 5.75 Å². The highest BCUT2D eigenvalue weighted by molar-refractivity contribution is 7.98. The Bertz CT molecular complexity index is 531. The Balaban J connectivity index is 2.09. The summed E-state index contributed by atoms with van der Waals surface area (Å²) in [4.78, 5) is 1.05. The van der Waals surface area contributed by atoms with E-state index in [0.29, 0.717) is 10.8 Å². The second-order valence-corrected chi connectivity index (χ2v) is 5.05. The Morgan fingerprint density at radius 3 is 2.76 bits per heavy atom. The minimum Gasteiger partial charge on any atom is -0.399 e. The fourth-order valence-electron chi connectivity index (χ4n) is 1.42. The van der Waals surface area contributed by atoms with Crippen molar-refractivity contribution in [2.75, 3.05) is 5.73 Å². The molecule has 0 spiro atoms. The zero-order valence-corrected chi connectivity index (χ0v) is 10.6. The Morgan fingerprint density at radius 1 is 1.18 bits per heavy atom. The number of thioether (sulfide) groups is 1. The van der Waals surface area contributed by atoms with Gasteiger partial charge in [-0.1, -0.05) is 17.7 Å². The third-order valence-corrected chi connectivity index (χ3v) is 3.67. The molecule has 0 aromatic heterocycles. The van der Waals surface area contributed by atoms with Gasteiger partial charge in [0.1, 0.15) is 5.82 Å². The quantitative estimate of drug-likeness (QED) is 0.661. The van der Waals surface area contributed by atoms with Gasteiger partial charge in [0.15, 0.2) is 0 Å². The molecule has 88 valence electrons. The number of anilines is 1. The predicted molar refractivity (Wildman–Crippen MR) is 71.8 cm³/mol. The summed E-state index contributed by atoms with van der Waals surface area (Å²) in [5.41, 5.74) is 7.20. The second kappa shape index (κ2) is 5.43. The van der Waals surface area contributed by atoms with Gasteiger partial charge in [-0.25, -0.2) is 4.39 Å². The lowest BCUT2D eigenvalue weighted by molar-refractivity contribution is 0.626. The maximum atomic E-state index is 13.0. The maximum absolute atomic E-state index is 13.0. The van der Waals surface area contributed by atoms with Gasteiger partial charge in [-0.15, -0.1) is 11.8 Å². The molecule has 0 saturated carbocycles. The first-order valence-electron chi connectivity index (χ1n) is 5.07. The van der Waals surface area contributed by atoms with Crippen molar-refractivity contribution in [3.05, 3.63) is 58.9 Å². The van der Waals surface area contributed by atoms with E-state index in [-0.39, 0.29) is 5.82 Å². The van der Waals surface area contributed by atoms with Crippen molar-refractivity contribution in [2.45, 2.75) is 10.6 Å². The first-order chi connectivity index (χ1) is 8.15. The number of benzene rings is 2. The summed E-state index contributed by atoms with van der Waals surface area (Å²) in [5.74, 6) is 0.359. The standard InChI is InChI=1S/C13H11ClFNS/c14-13-5-4-10(15)6-9(13)8-17-12-3-1-2-11(16)7-12/h1-7H,8,16H2. The van der Waals surface area contributed by atoms with Gasteiger partial charge in [0, 0.05) is 21.4 Å². The Hall–Kier alpha value is -1.19. The lowest BCUT2D eigenvalue weighted by atomic mass is 10.2. The minimum absolute atomic E-state index is 0.266. The lowest BCUT2D eigenvalue weighted by Gasteiger charge is -2.05. The van der Waals surface area contributed by atoms with E-state index < -0.39 is 0 Å². The van der Waals surface area contributed by atoms with Crippen LogP contribution in [0.2, 0.25) is 5.02 Å². The van der Waals surface area contributed by atoms with Crippen LogP contribution in [-0.4, -0.2) is 0 Å². The van der Waals surface area contributed by atoms with E-state index in [0.717, 1.165) is 16.1 Å². The van der Waals surface area contributed by atoms with Crippen molar-refractivity contribution in [1.29, 1.82) is 0 Å². The first kappa shape index (κ1) is 12.3. The molecule has 0 heterocycles. The Morgan fingerprint density at radius 2 is 2.00 bits per heavy atom. The molecule has 0 fully saturated rings. The van der Waals surface area contributed by atoms with Crippen LogP contribution in [0.1, 0.15) is 5.56 Å². The van der Waals surface area contributed by atoms with Crippen LogP contribution in [0.4, 0.5) is 10.1 Å². The van der Waals surface area contributed by atoms with Crippen LogP contribution in [0, 0.1) is 5.82 Å². The molecule has 1 nitrogen and oxygen atoms in total. The van der Waals surface area contributed by atoms with E-state index >= 15 is 0 Å². The SMILES string of the molecule is Nc1cccc(SCc2cc(F)ccc2Cl)c1. The zero-order valence-electron chi connectivity index (χ0n) is 8.99.